The van der Waals surface area contributed by atoms with Crippen LogP contribution in [0.15, 0.2) is 23.1 Å². The van der Waals surface area contributed by atoms with E-state index in [0.717, 1.165) is 0 Å². The Balaban J connectivity index is 3.10. The van der Waals surface area contributed by atoms with Gasteiger partial charge in [-0.05, 0) is 31.2 Å². The van der Waals surface area contributed by atoms with Gasteiger partial charge in [0, 0.05) is 11.1 Å². The molecule has 0 aliphatic heterocycles. The van der Waals surface area contributed by atoms with Gasteiger partial charge in [-0.15, -0.1) is 0 Å². The highest BCUT2D eigenvalue weighted by Crippen LogP contribution is 2.26. The molecule has 1 atom stereocenters. The fourth-order valence-corrected chi connectivity index (χ4v) is 4.23. The Morgan fingerprint density at radius 2 is 1.89 bits per heavy atom. The second-order valence-corrected chi connectivity index (χ2v) is 7.34. The maximum atomic E-state index is 12.3. The molecule has 1 N–H and O–H groups in total. The van der Waals surface area contributed by atoms with Gasteiger partial charge in [-0.3, -0.25) is 0 Å². The molecule has 18 heavy (non-hydrogen) atoms. The zero-order valence-corrected chi connectivity index (χ0v) is 12.9. The number of nitrogens with one attached hydrogen (secondary N) is 1. The molecule has 1 rings (SSSR count). The lowest BCUT2D eigenvalue weighted by molar-refractivity contribution is 0.455. The van der Waals surface area contributed by atoms with Crippen molar-refractivity contribution >= 4 is 33.0 Å². The fraction of sp³-hybridized carbons (Fsp3) is 0.500. The lowest BCUT2D eigenvalue weighted by Gasteiger charge is -2.20. The Labute approximate surface area is 118 Å². The molecule has 1 aromatic carbocycles. The van der Waals surface area contributed by atoms with Crippen LogP contribution in [-0.4, -0.2) is 27.3 Å². The van der Waals surface area contributed by atoms with Crippen LogP contribution >= 0.6 is 23.2 Å². The van der Waals surface area contributed by atoms with E-state index in [0.29, 0.717) is 5.02 Å². The summed E-state index contributed by atoms with van der Waals surface area (Å²) in [6, 6.07) is 4.35. The molecule has 0 bridgehead atoms. The summed E-state index contributed by atoms with van der Waals surface area (Å²) in [7, 11) is -1.70. The van der Waals surface area contributed by atoms with Gasteiger partial charge in [-0.2, -0.15) is 0 Å². The average Bonchev–Trinajstić information content (AvgIpc) is 2.28. The maximum absolute atomic E-state index is 12.3. The third-order valence-corrected chi connectivity index (χ3v) is 5.29. The zero-order chi connectivity index (χ0) is 13.9. The van der Waals surface area contributed by atoms with Crippen molar-refractivity contribution in [1.82, 2.24) is 5.32 Å². The van der Waals surface area contributed by atoms with Gasteiger partial charge in [-0.25, -0.2) is 8.42 Å². The SMILES string of the molecule is CNC(CS(=O)(=O)c1cc(Cl)ccc1Cl)C(C)C. The number of hydrogen-bond acceptors (Lipinski definition) is 3. The lowest BCUT2D eigenvalue weighted by atomic mass is 10.1. The number of hydrogen-bond donors (Lipinski definition) is 1. The van der Waals surface area contributed by atoms with Gasteiger partial charge < -0.3 is 5.32 Å². The molecule has 0 aliphatic rings. The molecule has 102 valence electrons. The number of benzene rings is 1. The highest BCUT2D eigenvalue weighted by atomic mass is 35.5. The van der Waals surface area contributed by atoms with Crippen LogP contribution in [0.25, 0.3) is 0 Å². The summed E-state index contributed by atoms with van der Waals surface area (Å²) in [6.45, 7) is 3.94. The molecule has 0 spiro atoms. The van der Waals surface area contributed by atoms with Crippen molar-refractivity contribution in [3.8, 4) is 0 Å². The Hall–Kier alpha value is -0.290. The van der Waals surface area contributed by atoms with Crippen LogP contribution in [0.5, 0.6) is 0 Å². The first-order valence-corrected chi connectivity index (χ1v) is 8.04. The fourth-order valence-electron chi connectivity index (χ4n) is 1.65. The standard InChI is InChI=1S/C12H17Cl2NO2S/c1-8(2)11(15-3)7-18(16,17)12-6-9(13)4-5-10(12)14/h4-6,8,11,15H,7H2,1-3H3. The number of sulfone groups is 1. The molecular formula is C12H17Cl2NO2S. The van der Waals surface area contributed by atoms with Gasteiger partial charge >= 0.3 is 0 Å². The van der Waals surface area contributed by atoms with Gasteiger partial charge in [0.25, 0.3) is 0 Å². The predicted octanol–water partition coefficient (Wildman–Crippen LogP) is 3.01. The smallest absolute Gasteiger partial charge is 0.181 e. The normalized spacial score (nSPS) is 13.9. The van der Waals surface area contributed by atoms with E-state index in [1.165, 1.54) is 12.1 Å². The van der Waals surface area contributed by atoms with Crippen molar-refractivity contribution < 1.29 is 8.42 Å². The third-order valence-electron chi connectivity index (χ3n) is 2.80. The summed E-state index contributed by atoms with van der Waals surface area (Å²) in [5.74, 6) is 0.212. The average molecular weight is 310 g/mol. The van der Waals surface area contributed by atoms with Crippen LogP contribution in [-0.2, 0) is 9.84 Å². The molecule has 1 aromatic rings. The minimum absolute atomic E-state index is 0.00122. The van der Waals surface area contributed by atoms with E-state index in [1.807, 2.05) is 13.8 Å². The summed E-state index contributed by atoms with van der Waals surface area (Å²) in [6.07, 6.45) is 0. The minimum Gasteiger partial charge on any atom is -0.316 e. The lowest BCUT2D eigenvalue weighted by Crippen LogP contribution is -2.37. The molecule has 6 heteroatoms. The minimum atomic E-state index is -3.45. The third kappa shape index (κ3) is 3.85. The van der Waals surface area contributed by atoms with Crippen molar-refractivity contribution in [2.75, 3.05) is 12.8 Å². The van der Waals surface area contributed by atoms with Crippen molar-refractivity contribution in [2.24, 2.45) is 5.92 Å². The summed E-state index contributed by atoms with van der Waals surface area (Å²) >= 11 is 11.7. The monoisotopic (exact) mass is 309 g/mol. The van der Waals surface area contributed by atoms with E-state index in [1.54, 1.807) is 13.1 Å². The zero-order valence-electron chi connectivity index (χ0n) is 10.6. The van der Waals surface area contributed by atoms with Gasteiger partial charge in [-0.1, -0.05) is 37.0 Å². The van der Waals surface area contributed by atoms with Crippen molar-refractivity contribution in [3.63, 3.8) is 0 Å². The maximum Gasteiger partial charge on any atom is 0.181 e. The topological polar surface area (TPSA) is 46.2 Å². The molecule has 0 saturated carbocycles. The second kappa shape index (κ2) is 6.24. The summed E-state index contributed by atoms with van der Waals surface area (Å²) in [5.41, 5.74) is 0. The molecular weight excluding hydrogens is 293 g/mol. The summed E-state index contributed by atoms with van der Waals surface area (Å²) < 4.78 is 24.6. The van der Waals surface area contributed by atoms with E-state index in [2.05, 4.69) is 5.32 Å². The van der Waals surface area contributed by atoms with Crippen LogP contribution in [0.4, 0.5) is 0 Å². The van der Waals surface area contributed by atoms with Crippen molar-refractivity contribution in [1.29, 1.82) is 0 Å². The first-order chi connectivity index (χ1) is 8.27. The van der Waals surface area contributed by atoms with Crippen LogP contribution in [0.2, 0.25) is 10.0 Å². The van der Waals surface area contributed by atoms with Gasteiger partial charge in [0.1, 0.15) is 0 Å². The van der Waals surface area contributed by atoms with Crippen LogP contribution in [0.1, 0.15) is 13.8 Å². The highest BCUT2D eigenvalue weighted by Gasteiger charge is 2.24. The van der Waals surface area contributed by atoms with E-state index in [9.17, 15) is 8.42 Å². The van der Waals surface area contributed by atoms with Crippen LogP contribution < -0.4 is 5.32 Å². The number of rotatable bonds is 5. The van der Waals surface area contributed by atoms with Crippen LogP contribution in [0.3, 0.4) is 0 Å². The van der Waals surface area contributed by atoms with E-state index >= 15 is 0 Å². The quantitative estimate of drug-likeness (QED) is 0.909. The summed E-state index contributed by atoms with van der Waals surface area (Å²) in [4.78, 5) is 0.0950. The highest BCUT2D eigenvalue weighted by molar-refractivity contribution is 7.91. The Morgan fingerprint density at radius 3 is 2.39 bits per heavy atom. The molecule has 0 radical (unpaired) electrons. The van der Waals surface area contributed by atoms with Gasteiger partial charge in [0.2, 0.25) is 0 Å². The number of halogens is 2. The van der Waals surface area contributed by atoms with Crippen molar-refractivity contribution in [2.45, 2.75) is 24.8 Å². The molecule has 0 saturated heterocycles. The van der Waals surface area contributed by atoms with Crippen LogP contribution in [0, 0.1) is 5.92 Å². The largest absolute Gasteiger partial charge is 0.316 e. The van der Waals surface area contributed by atoms with E-state index in [-0.39, 0.29) is 27.6 Å². The molecule has 0 amide bonds. The molecule has 0 aliphatic carbocycles. The summed E-state index contributed by atoms with van der Waals surface area (Å²) in [5, 5.41) is 3.58. The Bertz CT molecular complexity index is 515. The van der Waals surface area contributed by atoms with Gasteiger partial charge in [0.15, 0.2) is 9.84 Å². The predicted molar refractivity (Wildman–Crippen MR) is 76.2 cm³/mol. The molecule has 3 nitrogen and oxygen atoms in total. The Kier molecular flexibility index (Phi) is 5.46. The molecule has 0 aromatic heterocycles. The van der Waals surface area contributed by atoms with Gasteiger partial charge in [0.05, 0.1) is 15.7 Å². The molecule has 0 fully saturated rings. The van der Waals surface area contributed by atoms with E-state index in [4.69, 9.17) is 23.2 Å². The molecule has 0 heterocycles. The first-order valence-electron chi connectivity index (χ1n) is 5.63. The Morgan fingerprint density at radius 1 is 1.28 bits per heavy atom. The first kappa shape index (κ1) is 15.8. The van der Waals surface area contributed by atoms with E-state index < -0.39 is 9.84 Å². The second-order valence-electron chi connectivity index (χ2n) is 4.50. The van der Waals surface area contributed by atoms with Crippen molar-refractivity contribution in [3.05, 3.63) is 28.2 Å². The molecule has 1 unspecified atom stereocenters.